The van der Waals surface area contributed by atoms with Gasteiger partial charge in [0.1, 0.15) is 0 Å². The molecule has 0 aromatic carbocycles. The maximum Gasteiger partial charge on any atom is 0.278 e. The van der Waals surface area contributed by atoms with Crippen molar-refractivity contribution in [2.75, 3.05) is 0 Å². The van der Waals surface area contributed by atoms with Crippen LogP contribution < -0.4 is 0 Å². The summed E-state index contributed by atoms with van der Waals surface area (Å²) in [4.78, 5) is 0. The van der Waals surface area contributed by atoms with Crippen molar-refractivity contribution in [3.8, 4) is 0 Å². The molecule has 0 rings (SSSR count). The van der Waals surface area contributed by atoms with Crippen molar-refractivity contribution in [2.45, 2.75) is 73.4 Å². The van der Waals surface area contributed by atoms with E-state index in [-0.39, 0.29) is 27.2 Å². The second-order valence-corrected chi connectivity index (χ2v) is 3.97. The van der Waals surface area contributed by atoms with E-state index in [1.165, 1.54) is 0 Å². The van der Waals surface area contributed by atoms with Crippen molar-refractivity contribution in [3.05, 3.63) is 0 Å². The van der Waals surface area contributed by atoms with E-state index in [2.05, 4.69) is 0 Å². The van der Waals surface area contributed by atoms with E-state index in [1.807, 2.05) is 13.8 Å². The summed E-state index contributed by atoms with van der Waals surface area (Å²) in [5.41, 5.74) is -2.37. The highest BCUT2D eigenvalue weighted by Gasteiger charge is 2.47. The summed E-state index contributed by atoms with van der Waals surface area (Å²) in [6.45, 7) is 5.44. The third kappa shape index (κ3) is 6.06. The SMILES string of the molecule is C.C.CCC(CC)CC(C)(F)C(C)(F)F. The molecule has 0 nitrogen and oxygen atoms in total. The van der Waals surface area contributed by atoms with Gasteiger partial charge in [-0.15, -0.1) is 0 Å². The van der Waals surface area contributed by atoms with Crippen molar-refractivity contribution < 1.29 is 13.2 Å². The Hall–Kier alpha value is -0.210. The van der Waals surface area contributed by atoms with Crippen LogP contribution in [0.25, 0.3) is 0 Å². The van der Waals surface area contributed by atoms with Crippen LogP contribution in [0.4, 0.5) is 13.2 Å². The van der Waals surface area contributed by atoms with Gasteiger partial charge in [-0.1, -0.05) is 41.5 Å². The Morgan fingerprint density at radius 1 is 0.933 bits per heavy atom. The largest absolute Gasteiger partial charge is 0.278 e. The zero-order chi connectivity index (χ0) is 10.7. The van der Waals surface area contributed by atoms with Gasteiger partial charge >= 0.3 is 0 Å². The van der Waals surface area contributed by atoms with Crippen LogP contribution in [-0.2, 0) is 0 Å². The van der Waals surface area contributed by atoms with Crippen LogP contribution in [0.3, 0.4) is 0 Å². The maximum absolute atomic E-state index is 13.5. The van der Waals surface area contributed by atoms with Crippen LogP contribution in [0, 0.1) is 5.92 Å². The van der Waals surface area contributed by atoms with Crippen molar-refractivity contribution in [1.82, 2.24) is 0 Å². The fraction of sp³-hybridized carbons (Fsp3) is 1.00. The summed E-state index contributed by atoms with van der Waals surface area (Å²) in [5, 5.41) is 0. The number of halogens is 3. The second kappa shape index (κ2) is 7.13. The molecule has 1 unspecified atom stereocenters. The van der Waals surface area contributed by atoms with E-state index < -0.39 is 11.6 Å². The highest BCUT2D eigenvalue weighted by atomic mass is 19.3. The molecule has 0 aromatic heterocycles. The molecule has 15 heavy (non-hydrogen) atoms. The normalized spacial score (nSPS) is 15.2. The van der Waals surface area contributed by atoms with Gasteiger partial charge in [0.05, 0.1) is 0 Å². The zero-order valence-corrected chi connectivity index (χ0v) is 8.83. The van der Waals surface area contributed by atoms with Crippen molar-refractivity contribution in [3.63, 3.8) is 0 Å². The third-order valence-corrected chi connectivity index (χ3v) is 2.74. The molecule has 3 heteroatoms. The number of alkyl halides is 3. The summed E-state index contributed by atoms with van der Waals surface area (Å²) < 4.78 is 39.0. The van der Waals surface area contributed by atoms with Crippen molar-refractivity contribution in [1.29, 1.82) is 0 Å². The lowest BCUT2D eigenvalue weighted by Crippen LogP contribution is -2.40. The Kier molecular flexibility index (Phi) is 9.61. The molecule has 0 aliphatic rings. The Balaban J connectivity index is -0.000000720. The Morgan fingerprint density at radius 2 is 1.27 bits per heavy atom. The van der Waals surface area contributed by atoms with E-state index >= 15 is 0 Å². The molecule has 0 saturated heterocycles. The van der Waals surface area contributed by atoms with Crippen LogP contribution in [0.2, 0.25) is 0 Å². The van der Waals surface area contributed by atoms with Gasteiger partial charge in [-0.2, -0.15) is 0 Å². The second-order valence-electron chi connectivity index (χ2n) is 3.97. The number of hydrogen-bond acceptors (Lipinski definition) is 0. The molecule has 0 spiro atoms. The fourth-order valence-corrected chi connectivity index (χ4v) is 1.30. The molecule has 96 valence electrons. The molecule has 1 atom stereocenters. The van der Waals surface area contributed by atoms with Gasteiger partial charge in [0.25, 0.3) is 5.92 Å². The lowest BCUT2D eigenvalue weighted by molar-refractivity contribution is -0.124. The smallest absolute Gasteiger partial charge is 0.238 e. The molecular formula is C12H27F3. The van der Waals surface area contributed by atoms with Gasteiger partial charge in [-0.3, -0.25) is 0 Å². The van der Waals surface area contributed by atoms with Crippen molar-refractivity contribution in [2.24, 2.45) is 5.92 Å². The lowest BCUT2D eigenvalue weighted by Gasteiger charge is -2.30. The molecule has 0 amide bonds. The summed E-state index contributed by atoms with van der Waals surface area (Å²) in [5.74, 6) is -3.18. The highest BCUT2D eigenvalue weighted by molar-refractivity contribution is 4.87. The minimum absolute atomic E-state index is 0. The van der Waals surface area contributed by atoms with Gasteiger partial charge in [0.2, 0.25) is 0 Å². The van der Waals surface area contributed by atoms with Crippen LogP contribution in [-0.4, -0.2) is 11.6 Å². The molecule has 0 heterocycles. The van der Waals surface area contributed by atoms with E-state index in [9.17, 15) is 13.2 Å². The minimum Gasteiger partial charge on any atom is -0.238 e. The average Bonchev–Trinajstić information content (AvgIpc) is 1.98. The highest BCUT2D eigenvalue weighted by Crippen LogP contribution is 2.38. The molecule has 0 radical (unpaired) electrons. The first-order valence-corrected chi connectivity index (χ1v) is 4.81. The summed E-state index contributed by atoms with van der Waals surface area (Å²) in [6, 6.07) is 0. The predicted octanol–water partition coefficient (Wildman–Crippen LogP) is 5.47. The summed E-state index contributed by atoms with van der Waals surface area (Å²) in [7, 11) is 0. The predicted molar refractivity (Wildman–Crippen MR) is 62.3 cm³/mol. The zero-order valence-electron chi connectivity index (χ0n) is 8.83. The van der Waals surface area contributed by atoms with Crippen LogP contribution in [0.15, 0.2) is 0 Å². The van der Waals surface area contributed by atoms with Crippen LogP contribution >= 0.6 is 0 Å². The monoisotopic (exact) mass is 228 g/mol. The van der Waals surface area contributed by atoms with E-state index in [4.69, 9.17) is 0 Å². The molecule has 0 N–H and O–H groups in total. The average molecular weight is 228 g/mol. The first-order chi connectivity index (χ1) is 5.74. The lowest BCUT2D eigenvalue weighted by atomic mass is 9.86. The maximum atomic E-state index is 13.5. The standard InChI is InChI=1S/C10H19F3.2CH4/c1-5-8(6-2)7-9(3,11)10(4,12)13;;/h8H,5-7H2,1-4H3;2*1H4. The van der Waals surface area contributed by atoms with Gasteiger partial charge < -0.3 is 0 Å². The van der Waals surface area contributed by atoms with Gasteiger partial charge in [-0.05, 0) is 19.3 Å². The topological polar surface area (TPSA) is 0 Å². The van der Waals surface area contributed by atoms with E-state index in [0.717, 1.165) is 19.8 Å². The fourth-order valence-electron chi connectivity index (χ4n) is 1.30. The Bertz CT molecular complexity index is 143. The molecule has 0 bridgehead atoms. The molecular weight excluding hydrogens is 201 g/mol. The van der Waals surface area contributed by atoms with Gasteiger partial charge in [0, 0.05) is 6.92 Å². The molecule has 0 aliphatic heterocycles. The van der Waals surface area contributed by atoms with Crippen LogP contribution in [0.5, 0.6) is 0 Å². The Labute approximate surface area is 93.3 Å². The quantitative estimate of drug-likeness (QED) is 0.585. The van der Waals surface area contributed by atoms with Gasteiger partial charge in [-0.25, -0.2) is 13.2 Å². The van der Waals surface area contributed by atoms with E-state index in [1.54, 1.807) is 0 Å². The summed E-state index contributed by atoms with van der Waals surface area (Å²) in [6.07, 6.45) is 1.46. The van der Waals surface area contributed by atoms with Gasteiger partial charge in [0.15, 0.2) is 5.67 Å². The number of rotatable bonds is 5. The summed E-state index contributed by atoms with van der Waals surface area (Å²) >= 11 is 0. The molecule has 0 saturated carbocycles. The number of hydrogen-bond donors (Lipinski definition) is 0. The molecule has 0 aromatic rings. The van der Waals surface area contributed by atoms with E-state index in [0.29, 0.717) is 6.92 Å². The van der Waals surface area contributed by atoms with Crippen LogP contribution in [0.1, 0.15) is 61.8 Å². The third-order valence-electron chi connectivity index (χ3n) is 2.74. The first-order valence-electron chi connectivity index (χ1n) is 4.81. The van der Waals surface area contributed by atoms with Crippen molar-refractivity contribution >= 4 is 0 Å². The molecule has 0 fully saturated rings. The minimum atomic E-state index is -3.24. The molecule has 0 aliphatic carbocycles. The first kappa shape index (κ1) is 20.2. The Morgan fingerprint density at radius 3 is 1.47 bits per heavy atom.